The summed E-state index contributed by atoms with van der Waals surface area (Å²) in [4.78, 5) is 16.4. The highest BCUT2D eigenvalue weighted by Gasteiger charge is 2.27. The van der Waals surface area contributed by atoms with Crippen LogP contribution in [0.4, 0.5) is 0 Å². The Morgan fingerprint density at radius 3 is 2.94 bits per heavy atom. The summed E-state index contributed by atoms with van der Waals surface area (Å²) >= 11 is 0. The predicted octanol–water partition coefficient (Wildman–Crippen LogP) is 2.21. The minimum atomic E-state index is 0.0954. The molecule has 18 heavy (non-hydrogen) atoms. The number of ketones is 1. The molecule has 1 fully saturated rings. The van der Waals surface area contributed by atoms with E-state index < -0.39 is 0 Å². The standard InChI is InChI=1S/C14H17N3O/c1-9-16-12-8-10(14(18)6-7-15)2-5-13(12)17(9)11-3-4-11/h2,5,8,11H,3-4,6-7,15H2,1H3. The molecule has 1 aromatic carbocycles. The number of fused-ring (bicyclic) bond motifs is 1. The minimum Gasteiger partial charge on any atom is -0.330 e. The van der Waals surface area contributed by atoms with Crippen molar-refractivity contribution in [3.8, 4) is 0 Å². The monoisotopic (exact) mass is 243 g/mol. The van der Waals surface area contributed by atoms with Crippen LogP contribution in [-0.2, 0) is 0 Å². The van der Waals surface area contributed by atoms with Crippen molar-refractivity contribution in [1.29, 1.82) is 0 Å². The fraction of sp³-hybridized carbons (Fsp3) is 0.429. The fourth-order valence-corrected chi connectivity index (χ4v) is 2.46. The molecule has 0 atom stereocenters. The number of hydrogen-bond donors (Lipinski definition) is 1. The molecule has 0 unspecified atom stereocenters. The van der Waals surface area contributed by atoms with Gasteiger partial charge in [-0.1, -0.05) is 0 Å². The molecule has 1 aromatic heterocycles. The lowest BCUT2D eigenvalue weighted by atomic mass is 10.1. The molecule has 2 aromatic rings. The molecule has 94 valence electrons. The Bertz CT molecular complexity index is 611. The third-order valence-electron chi connectivity index (χ3n) is 3.47. The van der Waals surface area contributed by atoms with Gasteiger partial charge in [0.1, 0.15) is 5.82 Å². The van der Waals surface area contributed by atoms with Crippen molar-refractivity contribution in [2.75, 3.05) is 6.54 Å². The number of aromatic nitrogens is 2. The Morgan fingerprint density at radius 1 is 1.50 bits per heavy atom. The van der Waals surface area contributed by atoms with E-state index in [-0.39, 0.29) is 5.78 Å². The van der Waals surface area contributed by atoms with Crippen molar-refractivity contribution in [3.63, 3.8) is 0 Å². The van der Waals surface area contributed by atoms with Gasteiger partial charge in [0.2, 0.25) is 0 Å². The van der Waals surface area contributed by atoms with E-state index in [9.17, 15) is 4.79 Å². The fourth-order valence-electron chi connectivity index (χ4n) is 2.46. The second kappa shape index (κ2) is 4.21. The van der Waals surface area contributed by atoms with E-state index in [0.717, 1.165) is 16.9 Å². The van der Waals surface area contributed by atoms with Crippen LogP contribution in [-0.4, -0.2) is 21.9 Å². The zero-order chi connectivity index (χ0) is 12.7. The summed E-state index contributed by atoms with van der Waals surface area (Å²) in [5, 5.41) is 0. The SMILES string of the molecule is Cc1nc2cc(C(=O)CCN)ccc2n1C1CC1. The van der Waals surface area contributed by atoms with Crippen molar-refractivity contribution < 1.29 is 4.79 Å². The molecule has 0 bridgehead atoms. The van der Waals surface area contributed by atoms with E-state index >= 15 is 0 Å². The van der Waals surface area contributed by atoms with Crippen LogP contribution in [0.25, 0.3) is 11.0 Å². The first kappa shape index (κ1) is 11.4. The molecule has 0 amide bonds. The normalized spacial score (nSPS) is 15.2. The number of nitrogens with two attached hydrogens (primary N) is 1. The van der Waals surface area contributed by atoms with Crippen LogP contribution in [0, 0.1) is 6.92 Å². The summed E-state index contributed by atoms with van der Waals surface area (Å²) in [7, 11) is 0. The number of imidazole rings is 1. The van der Waals surface area contributed by atoms with Crippen molar-refractivity contribution in [1.82, 2.24) is 9.55 Å². The summed E-state index contributed by atoms with van der Waals surface area (Å²) in [5.74, 6) is 1.13. The molecular weight excluding hydrogens is 226 g/mol. The van der Waals surface area contributed by atoms with Crippen LogP contribution in [0.2, 0.25) is 0 Å². The third-order valence-corrected chi connectivity index (χ3v) is 3.47. The maximum absolute atomic E-state index is 11.8. The molecule has 0 spiro atoms. The maximum Gasteiger partial charge on any atom is 0.164 e. The number of hydrogen-bond acceptors (Lipinski definition) is 3. The van der Waals surface area contributed by atoms with E-state index in [2.05, 4.69) is 9.55 Å². The van der Waals surface area contributed by atoms with Crippen molar-refractivity contribution >= 4 is 16.8 Å². The first-order chi connectivity index (χ1) is 8.70. The Hall–Kier alpha value is -1.68. The van der Waals surface area contributed by atoms with Crippen LogP contribution < -0.4 is 5.73 Å². The molecule has 4 heteroatoms. The second-order valence-electron chi connectivity index (χ2n) is 4.93. The Balaban J connectivity index is 2.05. The Morgan fingerprint density at radius 2 is 2.28 bits per heavy atom. The number of nitrogens with zero attached hydrogens (tertiary/aromatic N) is 2. The van der Waals surface area contributed by atoms with E-state index in [1.165, 1.54) is 12.8 Å². The molecule has 1 aliphatic carbocycles. The maximum atomic E-state index is 11.8. The quantitative estimate of drug-likeness (QED) is 0.837. The highest BCUT2D eigenvalue weighted by Crippen LogP contribution is 2.38. The summed E-state index contributed by atoms with van der Waals surface area (Å²) in [6.45, 7) is 2.42. The van der Waals surface area contributed by atoms with E-state index in [4.69, 9.17) is 5.73 Å². The number of rotatable bonds is 4. The van der Waals surface area contributed by atoms with Crippen LogP contribution in [0.5, 0.6) is 0 Å². The molecule has 0 saturated heterocycles. The van der Waals surface area contributed by atoms with Crippen molar-refractivity contribution in [3.05, 3.63) is 29.6 Å². The van der Waals surface area contributed by atoms with Crippen LogP contribution in [0.15, 0.2) is 18.2 Å². The van der Waals surface area contributed by atoms with E-state index in [1.807, 2.05) is 25.1 Å². The van der Waals surface area contributed by atoms with Gasteiger partial charge in [-0.3, -0.25) is 4.79 Å². The van der Waals surface area contributed by atoms with Crippen LogP contribution >= 0.6 is 0 Å². The first-order valence-corrected chi connectivity index (χ1v) is 6.42. The summed E-state index contributed by atoms with van der Waals surface area (Å²) in [6, 6.07) is 6.40. The lowest BCUT2D eigenvalue weighted by Crippen LogP contribution is -2.08. The topological polar surface area (TPSA) is 60.9 Å². The summed E-state index contributed by atoms with van der Waals surface area (Å²) < 4.78 is 2.28. The second-order valence-corrected chi connectivity index (χ2v) is 4.93. The van der Waals surface area contributed by atoms with Gasteiger partial charge in [0.25, 0.3) is 0 Å². The van der Waals surface area contributed by atoms with Gasteiger partial charge >= 0.3 is 0 Å². The predicted molar refractivity (Wildman–Crippen MR) is 70.7 cm³/mol. The first-order valence-electron chi connectivity index (χ1n) is 6.42. The van der Waals surface area contributed by atoms with E-state index in [1.54, 1.807) is 0 Å². The third kappa shape index (κ3) is 1.82. The lowest BCUT2D eigenvalue weighted by Gasteiger charge is -2.04. The molecule has 1 aliphatic rings. The Kier molecular flexibility index (Phi) is 2.67. The average molecular weight is 243 g/mol. The molecule has 3 rings (SSSR count). The number of benzene rings is 1. The van der Waals surface area contributed by atoms with E-state index in [0.29, 0.717) is 24.6 Å². The molecule has 4 nitrogen and oxygen atoms in total. The number of carbonyl (C=O) groups is 1. The van der Waals surface area contributed by atoms with Gasteiger partial charge in [-0.15, -0.1) is 0 Å². The van der Waals surface area contributed by atoms with Crippen molar-refractivity contribution in [2.45, 2.75) is 32.2 Å². The van der Waals surface area contributed by atoms with Gasteiger partial charge in [-0.25, -0.2) is 4.98 Å². The molecule has 2 N–H and O–H groups in total. The molecule has 1 heterocycles. The summed E-state index contributed by atoms with van der Waals surface area (Å²) in [6.07, 6.45) is 2.87. The zero-order valence-corrected chi connectivity index (χ0v) is 10.5. The Labute approximate surface area is 106 Å². The van der Waals surface area contributed by atoms with Crippen molar-refractivity contribution in [2.24, 2.45) is 5.73 Å². The summed E-state index contributed by atoms with van der Waals surface area (Å²) in [5.41, 5.74) is 8.19. The largest absolute Gasteiger partial charge is 0.330 e. The van der Waals surface area contributed by atoms with Gasteiger partial charge in [0, 0.05) is 18.0 Å². The van der Waals surface area contributed by atoms with Crippen LogP contribution in [0.3, 0.4) is 0 Å². The van der Waals surface area contributed by atoms with Gasteiger partial charge in [-0.2, -0.15) is 0 Å². The molecular formula is C14H17N3O. The highest BCUT2D eigenvalue weighted by molar-refractivity contribution is 5.99. The van der Waals surface area contributed by atoms with Crippen LogP contribution in [0.1, 0.15) is 41.5 Å². The van der Waals surface area contributed by atoms with Gasteiger partial charge < -0.3 is 10.3 Å². The van der Waals surface area contributed by atoms with Gasteiger partial charge in [-0.05, 0) is 44.5 Å². The number of aryl methyl sites for hydroxylation is 1. The lowest BCUT2D eigenvalue weighted by molar-refractivity contribution is 0.0985. The minimum absolute atomic E-state index is 0.0954. The number of Topliss-reactive ketones (excluding diaryl/α,β-unsaturated/α-hetero) is 1. The smallest absolute Gasteiger partial charge is 0.164 e. The average Bonchev–Trinajstić information content (AvgIpc) is 3.11. The zero-order valence-electron chi connectivity index (χ0n) is 10.5. The van der Waals surface area contributed by atoms with Gasteiger partial charge in [0.05, 0.1) is 11.0 Å². The molecule has 0 aliphatic heterocycles. The number of carbonyl (C=O) groups excluding carboxylic acids is 1. The van der Waals surface area contributed by atoms with Gasteiger partial charge in [0.15, 0.2) is 5.78 Å². The molecule has 0 radical (unpaired) electrons. The molecule has 1 saturated carbocycles. The highest BCUT2D eigenvalue weighted by atomic mass is 16.1.